The molecule has 0 spiro atoms. The van der Waals surface area contributed by atoms with Gasteiger partial charge in [0.2, 0.25) is 0 Å². The Kier molecular flexibility index (Phi) is 8.75. The fourth-order valence-electron chi connectivity index (χ4n) is 4.93. The summed E-state index contributed by atoms with van der Waals surface area (Å²) in [6, 6.07) is 1.18. The Morgan fingerprint density at radius 1 is 1.04 bits per heavy atom. The van der Waals surface area contributed by atoms with Crippen LogP contribution in [0.25, 0.3) is 0 Å². The van der Waals surface area contributed by atoms with Gasteiger partial charge in [0.25, 0.3) is 0 Å². The van der Waals surface area contributed by atoms with Gasteiger partial charge < -0.3 is 15.5 Å². The fraction of sp³-hybridized carbons (Fsp3) is 0.947. The second kappa shape index (κ2) is 10.3. The van der Waals surface area contributed by atoms with Crippen molar-refractivity contribution in [2.45, 2.75) is 57.0 Å². The Hall–Kier alpha value is -0.0800. The van der Waals surface area contributed by atoms with E-state index < -0.39 is 0 Å². The van der Waals surface area contributed by atoms with Crippen molar-refractivity contribution in [1.29, 1.82) is 0 Å². The number of hydrogen-bond donors (Lipinski definition) is 2. The molecule has 1 saturated heterocycles. The lowest BCUT2D eigenvalue weighted by Crippen LogP contribution is -2.56. The molecule has 0 bridgehead atoms. The number of fused-ring (bicyclic) bond motifs is 1. The average Bonchev–Trinajstić information content (AvgIpc) is 2.61. The SMILES string of the molecule is CN=C(NCC1CN(C)CCN1C)NC1CCC2CCCCC2C1.I. The normalized spacial score (nSPS) is 34.8. The Morgan fingerprint density at radius 2 is 1.80 bits per heavy atom. The molecule has 6 heteroatoms. The van der Waals surface area contributed by atoms with Crippen LogP contribution in [0.4, 0.5) is 0 Å². The molecule has 3 aliphatic rings. The number of hydrogen-bond acceptors (Lipinski definition) is 3. The number of likely N-dealkylation sites (N-methyl/N-ethyl adjacent to an activating group) is 2. The number of guanidine groups is 1. The van der Waals surface area contributed by atoms with Gasteiger partial charge in [0, 0.05) is 45.3 Å². The van der Waals surface area contributed by atoms with Crippen LogP contribution in [-0.4, -0.2) is 75.2 Å². The first-order valence-corrected chi connectivity index (χ1v) is 10.0. The van der Waals surface area contributed by atoms with Gasteiger partial charge in [-0.3, -0.25) is 9.89 Å². The molecule has 4 atom stereocenters. The van der Waals surface area contributed by atoms with Gasteiger partial charge in [0.1, 0.15) is 0 Å². The minimum atomic E-state index is 0. The van der Waals surface area contributed by atoms with Gasteiger partial charge in [-0.2, -0.15) is 0 Å². The van der Waals surface area contributed by atoms with Crippen molar-refractivity contribution >= 4 is 29.9 Å². The summed E-state index contributed by atoms with van der Waals surface area (Å²) in [6.45, 7) is 4.43. The largest absolute Gasteiger partial charge is 0.355 e. The van der Waals surface area contributed by atoms with Crippen LogP contribution in [0.2, 0.25) is 0 Å². The molecular formula is C19H38IN5. The van der Waals surface area contributed by atoms with E-state index in [1.807, 2.05) is 7.05 Å². The molecule has 2 saturated carbocycles. The van der Waals surface area contributed by atoms with Gasteiger partial charge in [0.05, 0.1) is 0 Å². The van der Waals surface area contributed by atoms with Crippen molar-refractivity contribution < 1.29 is 0 Å². The van der Waals surface area contributed by atoms with Crippen molar-refractivity contribution in [2.75, 3.05) is 47.3 Å². The standard InChI is InChI=1S/C19H37N5.HI/c1-20-19(21-13-18-14-23(2)10-11-24(18)3)22-17-9-8-15-6-4-5-7-16(15)12-17;/h15-18H,4-14H2,1-3H3,(H2,20,21,22);1H. The molecule has 3 fully saturated rings. The lowest BCUT2D eigenvalue weighted by molar-refractivity contribution is 0.116. The van der Waals surface area contributed by atoms with Gasteiger partial charge in [0.15, 0.2) is 5.96 Å². The topological polar surface area (TPSA) is 42.9 Å². The van der Waals surface area contributed by atoms with Gasteiger partial charge in [-0.25, -0.2) is 0 Å². The van der Waals surface area contributed by atoms with Crippen molar-refractivity contribution in [1.82, 2.24) is 20.4 Å². The molecule has 4 unspecified atom stereocenters. The van der Waals surface area contributed by atoms with Crippen LogP contribution in [0.5, 0.6) is 0 Å². The van der Waals surface area contributed by atoms with E-state index in [0.717, 1.165) is 37.4 Å². The summed E-state index contributed by atoms with van der Waals surface area (Å²) in [7, 11) is 6.36. The molecule has 25 heavy (non-hydrogen) atoms. The lowest BCUT2D eigenvalue weighted by atomic mass is 9.69. The molecule has 0 amide bonds. The monoisotopic (exact) mass is 463 g/mol. The second-order valence-corrected chi connectivity index (χ2v) is 8.31. The number of rotatable bonds is 3. The predicted octanol–water partition coefficient (Wildman–Crippen LogP) is 2.37. The second-order valence-electron chi connectivity index (χ2n) is 8.31. The van der Waals surface area contributed by atoms with Crippen molar-refractivity contribution in [3.05, 3.63) is 0 Å². The van der Waals surface area contributed by atoms with Crippen LogP contribution in [0.1, 0.15) is 44.9 Å². The third kappa shape index (κ3) is 5.96. The van der Waals surface area contributed by atoms with Gasteiger partial charge in [-0.05, 0) is 45.2 Å². The maximum Gasteiger partial charge on any atom is 0.191 e. The van der Waals surface area contributed by atoms with Crippen LogP contribution in [-0.2, 0) is 0 Å². The maximum atomic E-state index is 4.48. The zero-order valence-corrected chi connectivity index (χ0v) is 18.7. The van der Waals surface area contributed by atoms with E-state index in [0.29, 0.717) is 12.1 Å². The summed E-state index contributed by atoms with van der Waals surface area (Å²) in [5.41, 5.74) is 0. The number of nitrogens with zero attached hydrogens (tertiary/aromatic N) is 3. The smallest absolute Gasteiger partial charge is 0.191 e. The molecule has 1 aliphatic heterocycles. The van der Waals surface area contributed by atoms with Crippen LogP contribution >= 0.6 is 24.0 Å². The molecule has 5 nitrogen and oxygen atoms in total. The Morgan fingerprint density at radius 3 is 2.56 bits per heavy atom. The van der Waals surface area contributed by atoms with E-state index in [1.54, 1.807) is 0 Å². The summed E-state index contributed by atoms with van der Waals surface area (Å²) >= 11 is 0. The molecule has 0 radical (unpaired) electrons. The minimum Gasteiger partial charge on any atom is -0.355 e. The molecular weight excluding hydrogens is 425 g/mol. The molecule has 2 N–H and O–H groups in total. The Bertz CT molecular complexity index is 430. The van der Waals surface area contributed by atoms with Crippen LogP contribution in [0.3, 0.4) is 0 Å². The highest BCUT2D eigenvalue weighted by molar-refractivity contribution is 14.0. The quantitative estimate of drug-likeness (QED) is 0.383. The van der Waals surface area contributed by atoms with E-state index in [-0.39, 0.29) is 24.0 Å². The van der Waals surface area contributed by atoms with E-state index in [4.69, 9.17) is 0 Å². The lowest BCUT2D eigenvalue weighted by Gasteiger charge is -2.40. The average molecular weight is 463 g/mol. The Balaban J connectivity index is 0.00000225. The summed E-state index contributed by atoms with van der Waals surface area (Å²) < 4.78 is 0. The van der Waals surface area contributed by atoms with Crippen LogP contribution < -0.4 is 10.6 Å². The van der Waals surface area contributed by atoms with Gasteiger partial charge in [-0.15, -0.1) is 24.0 Å². The third-order valence-electron chi connectivity index (χ3n) is 6.59. The van der Waals surface area contributed by atoms with Crippen LogP contribution in [0.15, 0.2) is 4.99 Å². The summed E-state index contributed by atoms with van der Waals surface area (Å²) in [5.74, 6) is 2.97. The van der Waals surface area contributed by atoms with Crippen LogP contribution in [0, 0.1) is 11.8 Å². The molecule has 1 heterocycles. The minimum absolute atomic E-state index is 0. The van der Waals surface area contributed by atoms with Crippen molar-refractivity contribution in [3.63, 3.8) is 0 Å². The highest BCUT2D eigenvalue weighted by atomic mass is 127. The van der Waals surface area contributed by atoms with E-state index in [9.17, 15) is 0 Å². The fourth-order valence-corrected chi connectivity index (χ4v) is 4.93. The maximum absolute atomic E-state index is 4.48. The first-order chi connectivity index (χ1) is 11.7. The molecule has 0 aromatic heterocycles. The highest BCUT2D eigenvalue weighted by Gasteiger charge is 2.32. The predicted molar refractivity (Wildman–Crippen MR) is 117 cm³/mol. The highest BCUT2D eigenvalue weighted by Crippen LogP contribution is 2.40. The molecule has 2 aliphatic carbocycles. The zero-order valence-electron chi connectivity index (χ0n) is 16.3. The van der Waals surface area contributed by atoms with E-state index in [1.165, 1.54) is 51.5 Å². The summed E-state index contributed by atoms with van der Waals surface area (Å²) in [6.07, 6.45) is 9.91. The molecule has 146 valence electrons. The molecule has 0 aromatic carbocycles. The third-order valence-corrected chi connectivity index (χ3v) is 6.59. The van der Waals surface area contributed by atoms with Gasteiger partial charge >= 0.3 is 0 Å². The van der Waals surface area contributed by atoms with Crippen molar-refractivity contribution in [2.24, 2.45) is 16.8 Å². The Labute approximate surface area is 171 Å². The van der Waals surface area contributed by atoms with E-state index in [2.05, 4.69) is 39.5 Å². The first kappa shape index (κ1) is 21.2. The summed E-state index contributed by atoms with van der Waals surface area (Å²) in [5, 5.41) is 7.29. The van der Waals surface area contributed by atoms with E-state index >= 15 is 0 Å². The number of aliphatic imine (C=N–C) groups is 1. The summed E-state index contributed by atoms with van der Waals surface area (Å²) in [4.78, 5) is 9.37. The first-order valence-electron chi connectivity index (χ1n) is 10.0. The molecule has 3 rings (SSSR count). The van der Waals surface area contributed by atoms with Gasteiger partial charge in [-0.1, -0.05) is 25.7 Å². The number of halogens is 1. The zero-order chi connectivity index (χ0) is 16.9. The number of nitrogens with one attached hydrogen (secondary N) is 2. The van der Waals surface area contributed by atoms with Crippen molar-refractivity contribution in [3.8, 4) is 0 Å². The molecule has 0 aromatic rings. The number of piperazine rings is 1.